The maximum Gasteiger partial charge on any atom is 0.0513 e. The number of hydrogen-bond acceptors (Lipinski definition) is 1. The van der Waals surface area contributed by atoms with Gasteiger partial charge in [0.05, 0.1) is 6.04 Å². The fraction of sp³-hybridized carbons (Fsp3) is 0.333. The quantitative estimate of drug-likeness (QED) is 0.650. The SMILES string of the molecule is CCCCCC(Nc1ccccc1)c1ccccc1. The van der Waals surface area contributed by atoms with Crippen LogP contribution in [-0.4, -0.2) is 0 Å². The highest BCUT2D eigenvalue weighted by atomic mass is 14.9. The molecule has 1 nitrogen and oxygen atoms in total. The van der Waals surface area contributed by atoms with Crippen LogP contribution < -0.4 is 5.32 Å². The zero-order valence-electron chi connectivity index (χ0n) is 11.7. The molecule has 0 aliphatic carbocycles. The van der Waals surface area contributed by atoms with Crippen molar-refractivity contribution in [1.82, 2.24) is 0 Å². The minimum absolute atomic E-state index is 0.412. The molecule has 0 radical (unpaired) electrons. The number of hydrogen-bond donors (Lipinski definition) is 1. The van der Waals surface area contributed by atoms with E-state index in [1.807, 2.05) is 0 Å². The van der Waals surface area contributed by atoms with Gasteiger partial charge in [0.15, 0.2) is 0 Å². The smallest absolute Gasteiger partial charge is 0.0513 e. The second-order valence-electron chi connectivity index (χ2n) is 4.97. The van der Waals surface area contributed by atoms with E-state index in [9.17, 15) is 0 Å². The summed E-state index contributed by atoms with van der Waals surface area (Å²) in [7, 11) is 0. The molecule has 0 aliphatic rings. The highest BCUT2D eigenvalue weighted by molar-refractivity contribution is 5.45. The van der Waals surface area contributed by atoms with Crippen LogP contribution in [0, 0.1) is 0 Å². The van der Waals surface area contributed by atoms with E-state index in [-0.39, 0.29) is 0 Å². The van der Waals surface area contributed by atoms with Gasteiger partial charge >= 0.3 is 0 Å². The monoisotopic (exact) mass is 253 g/mol. The molecular weight excluding hydrogens is 230 g/mol. The summed E-state index contributed by atoms with van der Waals surface area (Å²) >= 11 is 0. The molecule has 0 amide bonds. The lowest BCUT2D eigenvalue weighted by molar-refractivity contribution is 0.606. The molecule has 0 saturated heterocycles. The van der Waals surface area contributed by atoms with Crippen molar-refractivity contribution in [3.05, 3.63) is 66.2 Å². The van der Waals surface area contributed by atoms with Crippen LogP contribution in [0.3, 0.4) is 0 Å². The van der Waals surface area contributed by atoms with Crippen LogP contribution in [0.4, 0.5) is 5.69 Å². The maximum atomic E-state index is 3.65. The lowest BCUT2D eigenvalue weighted by atomic mass is 10.00. The first kappa shape index (κ1) is 13.7. The highest BCUT2D eigenvalue weighted by Crippen LogP contribution is 2.24. The van der Waals surface area contributed by atoms with Gasteiger partial charge in [-0.05, 0) is 24.1 Å². The van der Waals surface area contributed by atoms with E-state index in [0.29, 0.717) is 6.04 Å². The Hall–Kier alpha value is -1.76. The van der Waals surface area contributed by atoms with Gasteiger partial charge in [0.2, 0.25) is 0 Å². The minimum Gasteiger partial charge on any atom is -0.378 e. The Morgan fingerprint density at radius 2 is 1.47 bits per heavy atom. The Kier molecular flexibility index (Phi) is 5.49. The van der Waals surface area contributed by atoms with E-state index in [1.165, 1.54) is 36.9 Å². The topological polar surface area (TPSA) is 12.0 Å². The molecule has 0 bridgehead atoms. The van der Waals surface area contributed by atoms with Crippen molar-refractivity contribution in [3.8, 4) is 0 Å². The van der Waals surface area contributed by atoms with Crippen LogP contribution >= 0.6 is 0 Å². The number of para-hydroxylation sites is 1. The van der Waals surface area contributed by atoms with Crippen molar-refractivity contribution in [2.45, 2.75) is 38.6 Å². The molecule has 19 heavy (non-hydrogen) atoms. The van der Waals surface area contributed by atoms with Gasteiger partial charge in [0, 0.05) is 5.69 Å². The normalized spacial score (nSPS) is 12.1. The van der Waals surface area contributed by atoms with Crippen molar-refractivity contribution in [2.24, 2.45) is 0 Å². The Labute approximate surface area is 116 Å². The summed E-state index contributed by atoms with van der Waals surface area (Å²) in [4.78, 5) is 0. The van der Waals surface area contributed by atoms with E-state index in [4.69, 9.17) is 0 Å². The summed E-state index contributed by atoms with van der Waals surface area (Å²) in [5.74, 6) is 0. The number of benzene rings is 2. The van der Waals surface area contributed by atoms with Crippen LogP contribution in [0.1, 0.15) is 44.2 Å². The summed E-state index contributed by atoms with van der Waals surface area (Å²) < 4.78 is 0. The fourth-order valence-corrected chi connectivity index (χ4v) is 2.34. The fourth-order valence-electron chi connectivity index (χ4n) is 2.34. The summed E-state index contributed by atoms with van der Waals surface area (Å²) in [6, 6.07) is 21.6. The van der Waals surface area contributed by atoms with E-state index < -0.39 is 0 Å². The molecule has 1 unspecified atom stereocenters. The Balaban J connectivity index is 2.06. The van der Waals surface area contributed by atoms with Crippen LogP contribution in [0.25, 0.3) is 0 Å². The van der Waals surface area contributed by atoms with Gasteiger partial charge in [-0.1, -0.05) is 74.7 Å². The first-order valence-corrected chi connectivity index (χ1v) is 7.26. The van der Waals surface area contributed by atoms with Crippen LogP contribution in [-0.2, 0) is 0 Å². The molecule has 2 aromatic carbocycles. The Morgan fingerprint density at radius 1 is 0.842 bits per heavy atom. The lowest BCUT2D eigenvalue weighted by Gasteiger charge is -2.20. The molecule has 1 heteroatoms. The Bertz CT molecular complexity index is 450. The maximum absolute atomic E-state index is 3.65. The first-order valence-electron chi connectivity index (χ1n) is 7.26. The second-order valence-corrected chi connectivity index (χ2v) is 4.97. The summed E-state index contributed by atoms with van der Waals surface area (Å²) in [6.07, 6.45) is 5.04. The largest absolute Gasteiger partial charge is 0.378 e. The summed E-state index contributed by atoms with van der Waals surface area (Å²) in [5.41, 5.74) is 2.58. The average Bonchev–Trinajstić information content (AvgIpc) is 2.48. The number of rotatable bonds is 7. The van der Waals surface area contributed by atoms with Gasteiger partial charge in [0.25, 0.3) is 0 Å². The molecule has 1 N–H and O–H groups in total. The molecule has 0 saturated carbocycles. The predicted octanol–water partition coefficient (Wildman–Crippen LogP) is 5.42. The second kappa shape index (κ2) is 7.63. The summed E-state index contributed by atoms with van der Waals surface area (Å²) in [5, 5.41) is 3.65. The van der Waals surface area contributed by atoms with Gasteiger partial charge in [0.1, 0.15) is 0 Å². The molecule has 2 aromatic rings. The molecule has 0 aromatic heterocycles. The van der Waals surface area contributed by atoms with E-state index in [2.05, 4.69) is 72.9 Å². The van der Waals surface area contributed by atoms with Crippen molar-refractivity contribution in [1.29, 1.82) is 0 Å². The lowest BCUT2D eigenvalue weighted by Crippen LogP contribution is -2.10. The minimum atomic E-state index is 0.412. The third kappa shape index (κ3) is 4.44. The van der Waals surface area contributed by atoms with E-state index in [1.54, 1.807) is 0 Å². The van der Waals surface area contributed by atoms with Crippen molar-refractivity contribution in [2.75, 3.05) is 5.32 Å². The molecular formula is C18H23N. The zero-order valence-corrected chi connectivity index (χ0v) is 11.7. The summed E-state index contributed by atoms with van der Waals surface area (Å²) in [6.45, 7) is 2.25. The third-order valence-corrected chi connectivity index (χ3v) is 3.41. The predicted molar refractivity (Wildman–Crippen MR) is 83.4 cm³/mol. The number of anilines is 1. The first-order chi connectivity index (χ1) is 9.40. The number of unbranched alkanes of at least 4 members (excludes halogenated alkanes) is 2. The van der Waals surface area contributed by atoms with Gasteiger partial charge < -0.3 is 5.32 Å². The molecule has 0 spiro atoms. The van der Waals surface area contributed by atoms with Gasteiger partial charge in [-0.3, -0.25) is 0 Å². The molecule has 100 valence electrons. The molecule has 2 rings (SSSR count). The number of nitrogens with one attached hydrogen (secondary N) is 1. The van der Waals surface area contributed by atoms with Crippen LogP contribution in [0.2, 0.25) is 0 Å². The molecule has 0 fully saturated rings. The van der Waals surface area contributed by atoms with Gasteiger partial charge in [-0.2, -0.15) is 0 Å². The molecule has 0 heterocycles. The standard InChI is InChI=1S/C18H23N/c1-2-3-6-15-18(16-11-7-4-8-12-16)19-17-13-9-5-10-14-17/h4-5,7-14,18-19H,2-3,6,15H2,1H3. The van der Waals surface area contributed by atoms with Crippen LogP contribution in [0.5, 0.6) is 0 Å². The van der Waals surface area contributed by atoms with Crippen molar-refractivity contribution in [3.63, 3.8) is 0 Å². The molecule has 0 aliphatic heterocycles. The highest BCUT2D eigenvalue weighted by Gasteiger charge is 2.10. The zero-order chi connectivity index (χ0) is 13.3. The Morgan fingerprint density at radius 3 is 2.11 bits per heavy atom. The van der Waals surface area contributed by atoms with E-state index >= 15 is 0 Å². The van der Waals surface area contributed by atoms with Gasteiger partial charge in [-0.15, -0.1) is 0 Å². The van der Waals surface area contributed by atoms with Gasteiger partial charge in [-0.25, -0.2) is 0 Å². The average molecular weight is 253 g/mol. The third-order valence-electron chi connectivity index (χ3n) is 3.41. The molecule has 1 atom stereocenters. The van der Waals surface area contributed by atoms with Crippen molar-refractivity contribution < 1.29 is 0 Å². The van der Waals surface area contributed by atoms with Crippen LogP contribution in [0.15, 0.2) is 60.7 Å². The van der Waals surface area contributed by atoms with Crippen molar-refractivity contribution >= 4 is 5.69 Å². The van der Waals surface area contributed by atoms with E-state index in [0.717, 1.165) is 0 Å².